The van der Waals surface area contributed by atoms with Crippen LogP contribution in [0.5, 0.6) is 0 Å². The van der Waals surface area contributed by atoms with Crippen LogP contribution in [-0.2, 0) is 4.79 Å². The number of fused-ring (bicyclic) bond motifs is 1. The number of carbonyl (C=O) groups excluding carboxylic acids is 1. The van der Waals surface area contributed by atoms with Crippen molar-refractivity contribution in [1.82, 2.24) is 5.32 Å². The number of rotatable bonds is 3. The first-order valence-electron chi connectivity index (χ1n) is 6.21. The first-order chi connectivity index (χ1) is 8.11. The Bertz CT molecular complexity index is 462. The number of nitrogens with one attached hydrogen (secondary N) is 1. The summed E-state index contributed by atoms with van der Waals surface area (Å²) in [4.78, 5) is 11.1. The molecule has 2 nitrogen and oxygen atoms in total. The van der Waals surface area contributed by atoms with E-state index >= 15 is 0 Å². The molecule has 1 N–H and O–H groups in total. The van der Waals surface area contributed by atoms with Gasteiger partial charge in [0.05, 0.1) is 6.04 Å². The van der Waals surface area contributed by atoms with Gasteiger partial charge in [0.2, 0.25) is 5.91 Å². The molecule has 0 spiro atoms. The van der Waals surface area contributed by atoms with Crippen molar-refractivity contribution in [3.05, 3.63) is 41.0 Å². The molecule has 0 saturated carbocycles. The van der Waals surface area contributed by atoms with E-state index < -0.39 is 0 Å². The first-order valence-corrected chi connectivity index (χ1v) is 6.21. The average molecular weight is 229 g/mol. The maximum absolute atomic E-state index is 11.1. The lowest BCUT2D eigenvalue weighted by molar-refractivity contribution is -0.119. The highest BCUT2D eigenvalue weighted by Gasteiger charge is 2.18. The van der Waals surface area contributed by atoms with Crippen LogP contribution in [0, 0.1) is 0 Å². The van der Waals surface area contributed by atoms with E-state index in [0.717, 1.165) is 6.42 Å². The molecule has 1 aliphatic carbocycles. The Morgan fingerprint density at radius 2 is 2.24 bits per heavy atom. The van der Waals surface area contributed by atoms with Gasteiger partial charge in [-0.1, -0.05) is 44.2 Å². The Balaban J connectivity index is 2.29. The SMILES string of the molecule is CCC(C)c1ccc2c(c1)C(NC(C)=O)C=C2. The Labute approximate surface area is 103 Å². The number of amides is 1. The molecule has 2 atom stereocenters. The molecule has 2 unspecified atom stereocenters. The maximum atomic E-state index is 11.1. The van der Waals surface area contributed by atoms with Crippen molar-refractivity contribution in [3.8, 4) is 0 Å². The zero-order chi connectivity index (χ0) is 12.4. The third-order valence-corrected chi connectivity index (χ3v) is 3.45. The van der Waals surface area contributed by atoms with Crippen LogP contribution in [0.4, 0.5) is 0 Å². The van der Waals surface area contributed by atoms with Crippen LogP contribution in [0.2, 0.25) is 0 Å². The number of benzene rings is 1. The largest absolute Gasteiger partial charge is 0.346 e. The van der Waals surface area contributed by atoms with Gasteiger partial charge >= 0.3 is 0 Å². The molecule has 0 radical (unpaired) electrons. The van der Waals surface area contributed by atoms with Gasteiger partial charge in [-0.2, -0.15) is 0 Å². The fourth-order valence-electron chi connectivity index (χ4n) is 2.20. The maximum Gasteiger partial charge on any atom is 0.217 e. The van der Waals surface area contributed by atoms with E-state index in [9.17, 15) is 4.79 Å². The summed E-state index contributed by atoms with van der Waals surface area (Å²) < 4.78 is 0. The molecule has 0 aliphatic heterocycles. The van der Waals surface area contributed by atoms with Crippen LogP contribution in [0.3, 0.4) is 0 Å². The van der Waals surface area contributed by atoms with Crippen molar-refractivity contribution in [2.45, 2.75) is 39.2 Å². The smallest absolute Gasteiger partial charge is 0.217 e. The van der Waals surface area contributed by atoms with Gasteiger partial charge in [-0.05, 0) is 29.0 Å². The van der Waals surface area contributed by atoms with E-state index in [4.69, 9.17) is 0 Å². The molecule has 0 saturated heterocycles. The molecule has 2 rings (SSSR count). The average Bonchev–Trinajstić information content (AvgIpc) is 2.70. The molecule has 1 aromatic rings. The molecule has 2 heteroatoms. The minimum Gasteiger partial charge on any atom is -0.346 e. The Kier molecular flexibility index (Phi) is 3.32. The van der Waals surface area contributed by atoms with Gasteiger partial charge in [0.25, 0.3) is 0 Å². The number of hydrogen-bond acceptors (Lipinski definition) is 1. The number of hydrogen-bond donors (Lipinski definition) is 1. The van der Waals surface area contributed by atoms with Crippen molar-refractivity contribution >= 4 is 12.0 Å². The summed E-state index contributed by atoms with van der Waals surface area (Å²) in [6.45, 7) is 5.99. The molecule has 1 aromatic carbocycles. The van der Waals surface area contributed by atoms with Crippen molar-refractivity contribution in [3.63, 3.8) is 0 Å². The molecule has 0 heterocycles. The monoisotopic (exact) mass is 229 g/mol. The van der Waals surface area contributed by atoms with Crippen molar-refractivity contribution in [1.29, 1.82) is 0 Å². The summed E-state index contributed by atoms with van der Waals surface area (Å²) in [6.07, 6.45) is 5.26. The van der Waals surface area contributed by atoms with Gasteiger partial charge in [0, 0.05) is 6.92 Å². The molecular weight excluding hydrogens is 210 g/mol. The summed E-state index contributed by atoms with van der Waals surface area (Å²) in [7, 11) is 0. The van der Waals surface area contributed by atoms with Crippen LogP contribution in [0.15, 0.2) is 24.3 Å². The van der Waals surface area contributed by atoms with Crippen molar-refractivity contribution < 1.29 is 4.79 Å². The second-order valence-corrected chi connectivity index (χ2v) is 4.73. The van der Waals surface area contributed by atoms with Crippen LogP contribution < -0.4 is 5.32 Å². The molecule has 1 aliphatic rings. The third-order valence-electron chi connectivity index (χ3n) is 3.45. The minimum absolute atomic E-state index is 0.0152. The highest BCUT2D eigenvalue weighted by molar-refractivity contribution is 5.75. The second-order valence-electron chi connectivity index (χ2n) is 4.73. The molecule has 17 heavy (non-hydrogen) atoms. The molecule has 0 bridgehead atoms. The summed E-state index contributed by atoms with van der Waals surface area (Å²) in [6, 6.07) is 6.61. The Morgan fingerprint density at radius 3 is 2.88 bits per heavy atom. The molecule has 0 fully saturated rings. The van der Waals surface area contributed by atoms with E-state index in [1.807, 2.05) is 6.08 Å². The van der Waals surface area contributed by atoms with Crippen LogP contribution in [0.1, 0.15) is 55.8 Å². The summed E-state index contributed by atoms with van der Waals surface area (Å²) in [5.74, 6) is 0.584. The first kappa shape index (κ1) is 11.9. The predicted molar refractivity (Wildman–Crippen MR) is 70.7 cm³/mol. The minimum atomic E-state index is 0.0152. The van der Waals surface area contributed by atoms with Gasteiger partial charge in [0.1, 0.15) is 0 Å². The van der Waals surface area contributed by atoms with Crippen LogP contribution in [-0.4, -0.2) is 5.91 Å². The molecule has 90 valence electrons. The van der Waals surface area contributed by atoms with Crippen molar-refractivity contribution in [2.24, 2.45) is 0 Å². The summed E-state index contributed by atoms with van der Waals surface area (Å²) in [5, 5.41) is 2.96. The van der Waals surface area contributed by atoms with E-state index in [0.29, 0.717) is 5.92 Å². The molecular formula is C15H19NO. The van der Waals surface area contributed by atoms with Crippen LogP contribution >= 0.6 is 0 Å². The zero-order valence-electron chi connectivity index (χ0n) is 10.7. The molecule has 0 aromatic heterocycles. The van der Waals surface area contributed by atoms with E-state index in [1.165, 1.54) is 16.7 Å². The van der Waals surface area contributed by atoms with Crippen LogP contribution in [0.25, 0.3) is 6.08 Å². The third kappa shape index (κ3) is 2.41. The topological polar surface area (TPSA) is 29.1 Å². The summed E-state index contributed by atoms with van der Waals surface area (Å²) >= 11 is 0. The quantitative estimate of drug-likeness (QED) is 0.845. The van der Waals surface area contributed by atoms with E-state index in [1.54, 1.807) is 6.92 Å². The fourth-order valence-corrected chi connectivity index (χ4v) is 2.20. The fraction of sp³-hybridized carbons (Fsp3) is 0.400. The zero-order valence-corrected chi connectivity index (χ0v) is 10.7. The normalized spacial score (nSPS) is 18.9. The lowest BCUT2D eigenvalue weighted by Gasteiger charge is -2.15. The van der Waals surface area contributed by atoms with Gasteiger partial charge in [-0.25, -0.2) is 0 Å². The van der Waals surface area contributed by atoms with Crippen molar-refractivity contribution in [2.75, 3.05) is 0 Å². The lowest BCUT2D eigenvalue weighted by Crippen LogP contribution is -2.23. The predicted octanol–water partition coefficient (Wildman–Crippen LogP) is 3.40. The van der Waals surface area contributed by atoms with Gasteiger partial charge in [-0.15, -0.1) is 0 Å². The highest BCUT2D eigenvalue weighted by atomic mass is 16.1. The Hall–Kier alpha value is -1.57. The summed E-state index contributed by atoms with van der Waals surface area (Å²) in [5.41, 5.74) is 3.79. The Morgan fingerprint density at radius 1 is 1.47 bits per heavy atom. The van der Waals surface area contributed by atoms with Gasteiger partial charge in [-0.3, -0.25) is 4.79 Å². The highest BCUT2D eigenvalue weighted by Crippen LogP contribution is 2.31. The molecule has 1 amide bonds. The van der Waals surface area contributed by atoms with Gasteiger partial charge in [0.15, 0.2) is 0 Å². The van der Waals surface area contributed by atoms with E-state index in [-0.39, 0.29) is 11.9 Å². The standard InChI is InChI=1S/C15H19NO/c1-4-10(2)13-6-5-12-7-8-15(14(12)9-13)16-11(3)17/h5-10,15H,4H2,1-3H3,(H,16,17). The van der Waals surface area contributed by atoms with E-state index in [2.05, 4.69) is 43.4 Å². The number of carbonyl (C=O) groups is 1. The lowest BCUT2D eigenvalue weighted by atomic mass is 9.94. The van der Waals surface area contributed by atoms with Gasteiger partial charge < -0.3 is 5.32 Å². The second kappa shape index (κ2) is 4.74.